The number of hydrogen-bond donors (Lipinski definition) is 2. The average Bonchev–Trinajstić information content (AvgIpc) is 3.18. The zero-order valence-corrected chi connectivity index (χ0v) is 17.1. The maximum absolute atomic E-state index is 13.4. The first-order valence-corrected chi connectivity index (χ1v) is 10.5. The van der Waals surface area contributed by atoms with Gasteiger partial charge in [-0.2, -0.15) is 4.79 Å². The number of fused-ring (bicyclic) bond motifs is 1. The first-order valence-electron chi connectivity index (χ1n) is 10.5. The van der Waals surface area contributed by atoms with Crippen LogP contribution < -0.4 is 4.91 Å². The highest BCUT2D eigenvalue weighted by molar-refractivity contribution is 5.65. The topological polar surface area (TPSA) is 104 Å². The molecule has 31 heavy (non-hydrogen) atoms. The third-order valence-electron chi connectivity index (χ3n) is 6.58. The highest BCUT2D eigenvalue weighted by Crippen LogP contribution is 2.47. The molecule has 2 aromatic rings. The van der Waals surface area contributed by atoms with Gasteiger partial charge in [-0.05, 0) is 90.2 Å². The summed E-state index contributed by atoms with van der Waals surface area (Å²) >= 11 is 0. The summed E-state index contributed by atoms with van der Waals surface area (Å²) in [5, 5.41) is 13.7. The van der Waals surface area contributed by atoms with Crippen molar-refractivity contribution in [1.29, 1.82) is 5.53 Å². The molecule has 0 radical (unpaired) electrons. The number of nitrogens with zero attached hydrogens (tertiary/aromatic N) is 4. The van der Waals surface area contributed by atoms with Gasteiger partial charge in [0.25, 0.3) is 0 Å². The molecule has 0 saturated heterocycles. The Balaban J connectivity index is 1.39. The van der Waals surface area contributed by atoms with Crippen LogP contribution in [0.15, 0.2) is 53.9 Å². The Labute approximate surface area is 179 Å². The summed E-state index contributed by atoms with van der Waals surface area (Å²) in [7, 11) is 0. The molecule has 2 N–H and O–H groups in total. The standard InChI is InChI=1S/C23H24FN5O2/c24-19-3-1-2-16(12-19)18-7-9-20(26-14-18)8-6-15-4-5-17-13-21(10-11-22(15)17)29(23(30)31)28-27-25/h1-3,6-9,12,14-15,17,21-22,25H,4-5,10-11,13H2/p+1/t15?,17-,21?,22-/m0/s1. The summed E-state index contributed by atoms with van der Waals surface area (Å²) in [6.07, 6.45) is 9.46. The second-order valence-corrected chi connectivity index (χ2v) is 8.29. The fraction of sp³-hybridized carbons (Fsp3) is 0.391. The first-order chi connectivity index (χ1) is 15.0. The SMILES string of the molecule is N=[N+]=NN(C(=O)O)C1CC[C@H]2C(C=Cc3ccc(-c4cccc(F)c4)cn3)CC[C@H]2C1. The van der Waals surface area contributed by atoms with Crippen LogP contribution in [0.5, 0.6) is 0 Å². The van der Waals surface area contributed by atoms with Gasteiger partial charge < -0.3 is 5.11 Å². The molecule has 0 bridgehead atoms. The minimum atomic E-state index is -1.15. The maximum atomic E-state index is 13.4. The molecule has 2 saturated carbocycles. The largest absolute Gasteiger partial charge is 0.526 e. The smallest absolute Gasteiger partial charge is 0.445 e. The fourth-order valence-corrected chi connectivity index (χ4v) is 5.12. The van der Waals surface area contributed by atoms with Crippen LogP contribution in [0.1, 0.15) is 37.8 Å². The van der Waals surface area contributed by atoms with E-state index < -0.39 is 6.09 Å². The quantitative estimate of drug-likeness (QED) is 0.375. The van der Waals surface area contributed by atoms with Crippen LogP contribution in [0.4, 0.5) is 9.18 Å². The zero-order valence-electron chi connectivity index (χ0n) is 17.1. The van der Waals surface area contributed by atoms with E-state index >= 15 is 0 Å². The molecule has 2 aliphatic rings. The van der Waals surface area contributed by atoms with Crippen LogP contribution in [0.2, 0.25) is 0 Å². The molecule has 7 nitrogen and oxygen atoms in total. The second kappa shape index (κ2) is 9.18. The van der Waals surface area contributed by atoms with Gasteiger partial charge in [-0.1, -0.05) is 24.3 Å². The highest BCUT2D eigenvalue weighted by Gasteiger charge is 2.44. The van der Waals surface area contributed by atoms with Crippen molar-refractivity contribution in [2.24, 2.45) is 23.0 Å². The number of halogens is 1. The van der Waals surface area contributed by atoms with Crippen molar-refractivity contribution < 1.29 is 14.3 Å². The highest BCUT2D eigenvalue weighted by atomic mass is 19.1. The third kappa shape index (κ3) is 4.70. The molecule has 1 aromatic carbocycles. The van der Waals surface area contributed by atoms with Gasteiger partial charge in [0.2, 0.25) is 5.22 Å². The molecule has 8 heteroatoms. The molecule has 0 spiro atoms. The third-order valence-corrected chi connectivity index (χ3v) is 6.58. The summed E-state index contributed by atoms with van der Waals surface area (Å²) in [4.78, 5) is 18.8. The minimum Gasteiger partial charge on any atom is -0.445 e. The van der Waals surface area contributed by atoms with Gasteiger partial charge in [0.15, 0.2) is 0 Å². The summed E-state index contributed by atoms with van der Waals surface area (Å²) in [6, 6.07) is 10.2. The lowest BCUT2D eigenvalue weighted by Gasteiger charge is -2.32. The predicted molar refractivity (Wildman–Crippen MR) is 113 cm³/mol. The second-order valence-electron chi connectivity index (χ2n) is 8.29. The Bertz CT molecular complexity index is 1020. The lowest BCUT2D eigenvalue weighted by molar-refractivity contribution is 0.0820. The molecular weight excluding hydrogens is 397 g/mol. The van der Waals surface area contributed by atoms with Crippen molar-refractivity contribution in [2.45, 2.75) is 38.1 Å². The number of amides is 1. The summed E-state index contributed by atoms with van der Waals surface area (Å²) in [5.41, 5.74) is 9.40. The van der Waals surface area contributed by atoms with Crippen LogP contribution in [-0.4, -0.2) is 27.2 Å². The Morgan fingerprint density at radius 1 is 1.23 bits per heavy atom. The minimum absolute atomic E-state index is 0.201. The van der Waals surface area contributed by atoms with Gasteiger partial charge in [0.05, 0.1) is 10.6 Å². The molecule has 1 aromatic heterocycles. The lowest BCUT2D eigenvalue weighted by atomic mass is 9.75. The Kier molecular flexibility index (Phi) is 6.18. The van der Waals surface area contributed by atoms with Crippen molar-refractivity contribution in [3.8, 4) is 11.1 Å². The van der Waals surface area contributed by atoms with E-state index in [1.807, 2.05) is 24.3 Å². The number of aromatic nitrogens is 1. The number of pyridine rings is 1. The lowest BCUT2D eigenvalue weighted by Crippen LogP contribution is -2.40. The van der Waals surface area contributed by atoms with Crippen molar-refractivity contribution >= 4 is 12.2 Å². The summed E-state index contributed by atoms with van der Waals surface area (Å²) < 4.78 is 13.4. The molecule has 2 aliphatic carbocycles. The molecule has 160 valence electrons. The van der Waals surface area contributed by atoms with Crippen molar-refractivity contribution in [1.82, 2.24) is 14.9 Å². The van der Waals surface area contributed by atoms with Gasteiger partial charge in [-0.15, -0.1) is 0 Å². The number of rotatable bonds is 5. The predicted octanol–water partition coefficient (Wildman–Crippen LogP) is 5.54. The van der Waals surface area contributed by atoms with Crippen molar-refractivity contribution in [3.63, 3.8) is 0 Å². The van der Waals surface area contributed by atoms with E-state index in [1.165, 1.54) is 12.1 Å². The molecule has 1 amide bonds. The number of nitrogens with one attached hydrogen (secondary N) is 1. The molecule has 4 rings (SSSR count). The summed E-state index contributed by atoms with van der Waals surface area (Å²) in [5.74, 6) is 1.18. The van der Waals surface area contributed by atoms with Crippen LogP contribution in [0.25, 0.3) is 17.2 Å². The number of benzene rings is 1. The number of carbonyl (C=O) groups is 1. The van der Waals surface area contributed by atoms with Crippen LogP contribution >= 0.6 is 0 Å². The fourth-order valence-electron chi connectivity index (χ4n) is 5.12. The Hall–Kier alpha value is -3.38. The monoisotopic (exact) mass is 422 g/mol. The molecule has 1 heterocycles. The summed E-state index contributed by atoms with van der Waals surface area (Å²) in [6.45, 7) is 0. The van der Waals surface area contributed by atoms with Crippen molar-refractivity contribution in [2.75, 3.05) is 0 Å². The van der Waals surface area contributed by atoms with Gasteiger partial charge in [-0.25, -0.2) is 4.39 Å². The average molecular weight is 422 g/mol. The van der Waals surface area contributed by atoms with Gasteiger partial charge in [0.1, 0.15) is 11.9 Å². The van der Waals surface area contributed by atoms with E-state index in [9.17, 15) is 14.3 Å². The maximum Gasteiger partial charge on any atom is 0.526 e. The number of carboxylic acid groups (broad SMARTS) is 1. The van der Waals surface area contributed by atoms with E-state index in [1.54, 1.807) is 12.3 Å². The van der Waals surface area contributed by atoms with Crippen LogP contribution in [0, 0.1) is 29.1 Å². The van der Waals surface area contributed by atoms with E-state index in [2.05, 4.69) is 21.2 Å². The van der Waals surface area contributed by atoms with E-state index in [0.717, 1.165) is 53.9 Å². The number of hydrogen-bond acceptors (Lipinski definition) is 4. The molecule has 4 atom stereocenters. The van der Waals surface area contributed by atoms with E-state index in [4.69, 9.17) is 5.53 Å². The Morgan fingerprint density at radius 3 is 2.81 bits per heavy atom. The van der Waals surface area contributed by atoms with Crippen LogP contribution in [0.3, 0.4) is 0 Å². The Morgan fingerprint density at radius 2 is 2.10 bits per heavy atom. The zero-order chi connectivity index (χ0) is 21.8. The van der Waals surface area contributed by atoms with Crippen molar-refractivity contribution in [3.05, 3.63) is 60.2 Å². The molecular formula is C23H25FN5O2+. The van der Waals surface area contributed by atoms with Gasteiger partial charge >= 0.3 is 6.09 Å². The molecule has 2 unspecified atom stereocenters. The molecule has 0 aliphatic heterocycles. The van der Waals surface area contributed by atoms with Gasteiger partial charge in [-0.3, -0.25) is 4.98 Å². The van der Waals surface area contributed by atoms with Crippen LogP contribution in [-0.2, 0) is 0 Å². The number of allylic oxidation sites excluding steroid dienone is 1. The van der Waals surface area contributed by atoms with Gasteiger partial charge in [0, 0.05) is 11.8 Å². The van der Waals surface area contributed by atoms with E-state index in [0.29, 0.717) is 17.8 Å². The normalized spacial score (nSPS) is 25.1. The van der Waals surface area contributed by atoms with E-state index in [-0.39, 0.29) is 11.9 Å². The first kappa shape index (κ1) is 20.9. The molecule has 2 fully saturated rings.